The van der Waals surface area contributed by atoms with Gasteiger partial charge in [-0.2, -0.15) is 26.3 Å². The third-order valence-corrected chi connectivity index (χ3v) is 7.28. The summed E-state index contributed by atoms with van der Waals surface area (Å²) in [4.78, 5) is 23.4. The van der Waals surface area contributed by atoms with Gasteiger partial charge in [-0.05, 0) is 26.0 Å². The Morgan fingerprint density at radius 3 is 2.41 bits per heavy atom. The minimum absolute atomic E-state index is 0.0220. The Kier molecular flexibility index (Phi) is 6.24. The number of hydrogen-bond donors (Lipinski definition) is 1. The molecule has 0 radical (unpaired) electrons. The van der Waals surface area contributed by atoms with Gasteiger partial charge in [0.1, 0.15) is 17.1 Å². The Hall–Kier alpha value is -3.63. The van der Waals surface area contributed by atoms with Gasteiger partial charge in [-0.1, -0.05) is 0 Å². The Balaban J connectivity index is 1.61. The molecular formula is C20H17F6N5O5S. The van der Waals surface area contributed by atoms with Gasteiger partial charge in [-0.15, -0.1) is 0 Å². The van der Waals surface area contributed by atoms with Crippen molar-refractivity contribution in [2.75, 3.05) is 18.1 Å². The molecule has 0 unspecified atom stereocenters. The summed E-state index contributed by atoms with van der Waals surface area (Å²) in [7, 11) is -3.22. The lowest BCUT2D eigenvalue weighted by Gasteiger charge is -2.38. The summed E-state index contributed by atoms with van der Waals surface area (Å²) in [6, 6.07) is 2.67. The standard InChI is InChI=1S/C20H17F6N5O5S/c1-10-14(15(32)30-18(2)8-37(33,34)9-18)29-13-4-3-11(6-31(10)13)36-16-17(35-7-19(21,22)23)28-12(5-27-16)20(24,25)26/h3-6H,7-9H2,1-2H3,(H,30,32). The van der Waals surface area contributed by atoms with Gasteiger partial charge in [0.15, 0.2) is 22.1 Å². The Labute approximate surface area is 204 Å². The molecule has 0 spiro atoms. The zero-order chi connectivity index (χ0) is 27.4. The molecular weight excluding hydrogens is 536 g/mol. The monoisotopic (exact) mass is 553 g/mol. The van der Waals surface area contributed by atoms with Gasteiger partial charge in [0, 0.05) is 0 Å². The van der Waals surface area contributed by atoms with E-state index in [0.29, 0.717) is 5.69 Å². The van der Waals surface area contributed by atoms with E-state index in [-0.39, 0.29) is 34.8 Å². The first-order valence-electron chi connectivity index (χ1n) is 10.3. The summed E-state index contributed by atoms with van der Waals surface area (Å²) in [6.45, 7) is 1.17. The Bertz CT molecular complexity index is 1470. The first-order valence-corrected chi connectivity index (χ1v) is 12.1. The van der Waals surface area contributed by atoms with Crippen molar-refractivity contribution in [3.63, 3.8) is 0 Å². The molecule has 0 aliphatic carbocycles. The van der Waals surface area contributed by atoms with Gasteiger partial charge in [-0.3, -0.25) is 9.20 Å². The molecule has 1 amide bonds. The molecule has 3 aromatic heterocycles. The zero-order valence-corrected chi connectivity index (χ0v) is 19.8. The van der Waals surface area contributed by atoms with Crippen molar-refractivity contribution in [1.29, 1.82) is 0 Å². The molecule has 4 heterocycles. The minimum Gasteiger partial charge on any atom is -0.464 e. The summed E-state index contributed by atoms with van der Waals surface area (Å²) in [6.07, 6.45) is -8.30. The predicted octanol–water partition coefficient (Wildman–Crippen LogP) is 3.10. The summed E-state index contributed by atoms with van der Waals surface area (Å²) < 4.78 is 111. The molecule has 1 N–H and O–H groups in total. The van der Waals surface area contributed by atoms with Crippen LogP contribution in [0.4, 0.5) is 26.3 Å². The number of nitrogens with one attached hydrogen (secondary N) is 1. The number of nitrogens with zero attached hydrogens (tertiary/aromatic N) is 4. The highest BCUT2D eigenvalue weighted by Gasteiger charge is 2.46. The number of aromatic nitrogens is 4. The number of aryl methyl sites for hydroxylation is 1. The van der Waals surface area contributed by atoms with Crippen molar-refractivity contribution in [3.8, 4) is 17.5 Å². The third kappa shape index (κ3) is 5.86. The quantitative estimate of drug-likeness (QED) is 0.462. The van der Waals surface area contributed by atoms with Crippen molar-refractivity contribution in [2.45, 2.75) is 31.7 Å². The molecule has 0 aromatic carbocycles. The van der Waals surface area contributed by atoms with Crippen LogP contribution in [-0.2, 0) is 16.0 Å². The van der Waals surface area contributed by atoms with Crippen molar-refractivity contribution in [2.24, 2.45) is 0 Å². The van der Waals surface area contributed by atoms with E-state index in [1.54, 1.807) is 6.92 Å². The number of ether oxygens (including phenoxy) is 2. The number of sulfone groups is 1. The van der Waals surface area contributed by atoms with Crippen LogP contribution in [0.3, 0.4) is 0 Å². The van der Waals surface area contributed by atoms with E-state index in [2.05, 4.69) is 25.0 Å². The Morgan fingerprint density at radius 2 is 1.81 bits per heavy atom. The van der Waals surface area contributed by atoms with Gasteiger partial charge in [0.25, 0.3) is 17.7 Å². The molecule has 3 aromatic rings. The van der Waals surface area contributed by atoms with Crippen LogP contribution in [0, 0.1) is 6.92 Å². The molecule has 1 aliphatic heterocycles. The molecule has 0 saturated carbocycles. The van der Waals surface area contributed by atoms with Crippen molar-refractivity contribution < 1.29 is 49.0 Å². The van der Waals surface area contributed by atoms with E-state index in [4.69, 9.17) is 4.74 Å². The molecule has 0 bridgehead atoms. The average Bonchev–Trinajstić information content (AvgIpc) is 3.06. The van der Waals surface area contributed by atoms with E-state index < -0.39 is 57.7 Å². The number of rotatable bonds is 6. The number of amides is 1. The van der Waals surface area contributed by atoms with Crippen LogP contribution >= 0.6 is 0 Å². The highest BCUT2D eigenvalue weighted by Crippen LogP contribution is 2.34. The summed E-state index contributed by atoms with van der Waals surface area (Å²) in [5.41, 5.74) is -1.99. The molecule has 17 heteroatoms. The number of halogens is 6. The zero-order valence-electron chi connectivity index (χ0n) is 18.9. The lowest BCUT2D eigenvalue weighted by molar-refractivity contribution is -0.155. The molecule has 200 valence electrons. The largest absolute Gasteiger partial charge is 0.464 e. The Morgan fingerprint density at radius 1 is 1.14 bits per heavy atom. The average molecular weight is 553 g/mol. The topological polar surface area (TPSA) is 125 Å². The smallest absolute Gasteiger partial charge is 0.435 e. The lowest BCUT2D eigenvalue weighted by Crippen LogP contribution is -2.63. The van der Waals surface area contributed by atoms with Crippen molar-refractivity contribution in [1.82, 2.24) is 24.7 Å². The molecule has 1 saturated heterocycles. The predicted molar refractivity (Wildman–Crippen MR) is 113 cm³/mol. The highest BCUT2D eigenvalue weighted by molar-refractivity contribution is 7.93. The van der Waals surface area contributed by atoms with Gasteiger partial charge in [-0.25, -0.2) is 23.4 Å². The first kappa shape index (κ1) is 26.4. The molecule has 1 fully saturated rings. The van der Waals surface area contributed by atoms with Crippen molar-refractivity contribution in [3.05, 3.63) is 41.6 Å². The fourth-order valence-corrected chi connectivity index (χ4v) is 5.68. The van der Waals surface area contributed by atoms with E-state index in [1.165, 1.54) is 29.7 Å². The van der Waals surface area contributed by atoms with Crippen LogP contribution < -0.4 is 14.8 Å². The summed E-state index contributed by atoms with van der Waals surface area (Å²) >= 11 is 0. The number of carbonyl (C=O) groups is 1. The van der Waals surface area contributed by atoms with E-state index in [1.807, 2.05) is 0 Å². The van der Waals surface area contributed by atoms with Crippen molar-refractivity contribution >= 4 is 21.4 Å². The van der Waals surface area contributed by atoms with E-state index in [0.717, 1.165) is 0 Å². The summed E-state index contributed by atoms with van der Waals surface area (Å²) in [5.74, 6) is -3.04. The van der Waals surface area contributed by atoms with Gasteiger partial charge in [0.05, 0.1) is 35.1 Å². The number of fused-ring (bicyclic) bond motifs is 1. The maximum Gasteiger partial charge on any atom is 0.435 e. The maximum atomic E-state index is 13.0. The number of alkyl halides is 6. The summed E-state index contributed by atoms with van der Waals surface area (Å²) in [5, 5.41) is 2.63. The number of carbonyl (C=O) groups excluding carboxylic acids is 1. The van der Waals surface area contributed by atoms with E-state index in [9.17, 15) is 39.6 Å². The van der Waals surface area contributed by atoms with Crippen LogP contribution in [0.25, 0.3) is 5.65 Å². The van der Waals surface area contributed by atoms with Crippen LogP contribution in [0.1, 0.15) is 28.8 Å². The third-order valence-electron chi connectivity index (χ3n) is 5.12. The van der Waals surface area contributed by atoms with Gasteiger partial charge in [0.2, 0.25) is 0 Å². The molecule has 10 nitrogen and oxygen atoms in total. The van der Waals surface area contributed by atoms with Gasteiger partial charge >= 0.3 is 12.4 Å². The van der Waals surface area contributed by atoms with Crippen LogP contribution in [0.2, 0.25) is 0 Å². The van der Waals surface area contributed by atoms with Crippen LogP contribution in [0.5, 0.6) is 17.5 Å². The highest BCUT2D eigenvalue weighted by atomic mass is 32.2. The normalized spacial score (nSPS) is 16.8. The second kappa shape index (κ2) is 8.74. The molecule has 37 heavy (non-hydrogen) atoms. The number of pyridine rings is 1. The molecule has 1 aliphatic rings. The minimum atomic E-state index is -4.99. The fourth-order valence-electron chi connectivity index (χ4n) is 3.68. The number of hydrogen-bond acceptors (Lipinski definition) is 8. The maximum absolute atomic E-state index is 13.0. The first-order chi connectivity index (χ1) is 16.9. The van der Waals surface area contributed by atoms with Crippen LogP contribution in [-0.4, -0.2) is 63.5 Å². The number of imidazole rings is 1. The second-order valence-corrected chi connectivity index (χ2v) is 10.6. The molecule has 0 atom stereocenters. The molecule has 4 rings (SSSR count). The van der Waals surface area contributed by atoms with Crippen LogP contribution in [0.15, 0.2) is 24.5 Å². The lowest BCUT2D eigenvalue weighted by atomic mass is 10.1. The fraction of sp³-hybridized carbons (Fsp3) is 0.400. The SMILES string of the molecule is Cc1c(C(=O)NC2(C)CS(=O)(=O)C2)nc2ccc(Oc3ncc(C(F)(F)F)nc3OCC(F)(F)F)cn12. The van der Waals surface area contributed by atoms with E-state index >= 15 is 0 Å². The van der Waals surface area contributed by atoms with Gasteiger partial charge < -0.3 is 14.8 Å². The second-order valence-electron chi connectivity index (χ2n) is 8.56.